The maximum Gasteiger partial charge on any atom is 0.323 e. The zero-order valence-corrected chi connectivity index (χ0v) is 12.0. The van der Waals surface area contributed by atoms with E-state index in [9.17, 15) is 14.0 Å². The first-order chi connectivity index (χ1) is 9.88. The highest BCUT2D eigenvalue weighted by atomic mass is 35.5. The van der Waals surface area contributed by atoms with Gasteiger partial charge in [-0.15, -0.1) is 0 Å². The highest BCUT2D eigenvalue weighted by molar-refractivity contribution is 6.40. The lowest BCUT2D eigenvalue weighted by Crippen LogP contribution is -2.19. The van der Waals surface area contributed by atoms with Crippen LogP contribution < -0.4 is 5.32 Å². The molecule has 0 saturated carbocycles. The fourth-order valence-corrected chi connectivity index (χ4v) is 2.30. The van der Waals surface area contributed by atoms with E-state index in [0.29, 0.717) is 0 Å². The highest BCUT2D eigenvalue weighted by Crippen LogP contribution is 2.31. The number of aromatic nitrogens is 1. The minimum Gasteiger partial charge on any atom is -0.480 e. The molecular formula is C13H9Cl2FN2O3. The molecule has 0 atom stereocenters. The van der Waals surface area contributed by atoms with E-state index in [2.05, 4.69) is 5.32 Å². The van der Waals surface area contributed by atoms with Gasteiger partial charge in [0.1, 0.15) is 18.1 Å². The average Bonchev–Trinajstić information content (AvgIpc) is 2.80. The summed E-state index contributed by atoms with van der Waals surface area (Å²) in [6, 6.07) is 5.01. The standard InChI is InChI=1S/C13H9Cl2FN2O3/c14-8-4-7(16)5-9(15)12(8)17-13(21)10-2-1-3-18(10)6-11(19)20/h1-5H,6H2,(H,17,21)(H,19,20). The number of carbonyl (C=O) groups excluding carboxylic acids is 1. The molecule has 0 bridgehead atoms. The molecule has 0 aliphatic rings. The van der Waals surface area contributed by atoms with Gasteiger partial charge >= 0.3 is 5.97 Å². The van der Waals surface area contributed by atoms with Crippen molar-refractivity contribution in [1.29, 1.82) is 0 Å². The number of carboxylic acids is 1. The number of hydrogen-bond acceptors (Lipinski definition) is 2. The predicted molar refractivity (Wildman–Crippen MR) is 76.4 cm³/mol. The molecule has 0 radical (unpaired) electrons. The van der Waals surface area contributed by atoms with E-state index in [0.717, 1.165) is 12.1 Å². The number of carbonyl (C=O) groups is 2. The van der Waals surface area contributed by atoms with Crippen molar-refractivity contribution in [2.24, 2.45) is 0 Å². The molecule has 1 aromatic heterocycles. The van der Waals surface area contributed by atoms with Gasteiger partial charge in [0.25, 0.3) is 5.91 Å². The summed E-state index contributed by atoms with van der Waals surface area (Å²) in [5, 5.41) is 11.1. The quantitative estimate of drug-likeness (QED) is 0.903. The van der Waals surface area contributed by atoms with Crippen LogP contribution in [0, 0.1) is 5.82 Å². The number of nitrogens with one attached hydrogen (secondary N) is 1. The van der Waals surface area contributed by atoms with Crippen molar-refractivity contribution in [3.63, 3.8) is 0 Å². The van der Waals surface area contributed by atoms with E-state index in [1.165, 1.54) is 22.9 Å². The Balaban J connectivity index is 2.27. The Morgan fingerprint density at radius 1 is 1.29 bits per heavy atom. The highest BCUT2D eigenvalue weighted by Gasteiger charge is 2.16. The maximum atomic E-state index is 13.1. The SMILES string of the molecule is O=C(O)Cn1cccc1C(=O)Nc1c(Cl)cc(F)cc1Cl. The molecule has 0 unspecified atom stereocenters. The zero-order chi connectivity index (χ0) is 15.6. The Morgan fingerprint density at radius 2 is 1.90 bits per heavy atom. The minimum atomic E-state index is -1.09. The van der Waals surface area contributed by atoms with E-state index < -0.39 is 17.7 Å². The second kappa shape index (κ2) is 6.15. The topological polar surface area (TPSA) is 71.3 Å². The lowest BCUT2D eigenvalue weighted by atomic mass is 10.3. The molecule has 1 heterocycles. The van der Waals surface area contributed by atoms with Crippen molar-refractivity contribution >= 4 is 40.8 Å². The smallest absolute Gasteiger partial charge is 0.323 e. The number of amides is 1. The van der Waals surface area contributed by atoms with Gasteiger partial charge in [-0.05, 0) is 24.3 Å². The maximum absolute atomic E-state index is 13.1. The Labute approximate surface area is 128 Å². The van der Waals surface area contributed by atoms with Crippen LogP contribution in [-0.4, -0.2) is 21.6 Å². The number of benzene rings is 1. The van der Waals surface area contributed by atoms with Crippen LogP contribution in [0.25, 0.3) is 0 Å². The number of hydrogen-bond donors (Lipinski definition) is 2. The number of carboxylic acid groups (broad SMARTS) is 1. The van der Waals surface area contributed by atoms with Crippen LogP contribution in [0.3, 0.4) is 0 Å². The lowest BCUT2D eigenvalue weighted by Gasteiger charge is -2.11. The third-order valence-electron chi connectivity index (χ3n) is 2.61. The molecule has 2 rings (SSSR count). The fraction of sp³-hybridized carbons (Fsp3) is 0.0769. The monoisotopic (exact) mass is 330 g/mol. The molecule has 0 saturated heterocycles. The van der Waals surface area contributed by atoms with Gasteiger partial charge in [0.15, 0.2) is 0 Å². The van der Waals surface area contributed by atoms with Crippen LogP contribution in [0.2, 0.25) is 10.0 Å². The molecule has 8 heteroatoms. The van der Waals surface area contributed by atoms with Gasteiger partial charge in [0, 0.05) is 6.20 Å². The van der Waals surface area contributed by atoms with Crippen molar-refractivity contribution in [1.82, 2.24) is 4.57 Å². The minimum absolute atomic E-state index is 0.0512. The van der Waals surface area contributed by atoms with Crippen LogP contribution in [0.4, 0.5) is 10.1 Å². The summed E-state index contributed by atoms with van der Waals surface area (Å²) >= 11 is 11.6. The molecule has 0 fully saturated rings. The van der Waals surface area contributed by atoms with Gasteiger partial charge in [0.05, 0.1) is 15.7 Å². The van der Waals surface area contributed by atoms with Gasteiger partial charge in [-0.1, -0.05) is 23.2 Å². The van der Waals surface area contributed by atoms with Crippen molar-refractivity contribution in [3.05, 3.63) is 52.0 Å². The Kier molecular flexibility index (Phi) is 4.50. The van der Waals surface area contributed by atoms with E-state index in [-0.39, 0.29) is 28.0 Å². The average molecular weight is 331 g/mol. The largest absolute Gasteiger partial charge is 0.480 e. The molecule has 0 aliphatic carbocycles. The molecule has 0 spiro atoms. The van der Waals surface area contributed by atoms with Gasteiger partial charge in [-0.2, -0.15) is 0 Å². The van der Waals surface area contributed by atoms with Crippen molar-refractivity contribution in [3.8, 4) is 0 Å². The predicted octanol–water partition coefficient (Wildman–Crippen LogP) is 3.27. The van der Waals surface area contributed by atoms with Crippen molar-refractivity contribution in [2.75, 3.05) is 5.32 Å². The second-order valence-corrected chi connectivity index (χ2v) is 4.93. The van der Waals surface area contributed by atoms with E-state index in [1.54, 1.807) is 0 Å². The Morgan fingerprint density at radius 3 is 2.48 bits per heavy atom. The summed E-state index contributed by atoms with van der Waals surface area (Å²) in [4.78, 5) is 22.8. The third-order valence-corrected chi connectivity index (χ3v) is 3.21. The number of anilines is 1. The summed E-state index contributed by atoms with van der Waals surface area (Å²) in [5.74, 6) is -2.31. The summed E-state index contributed by atoms with van der Waals surface area (Å²) in [6.07, 6.45) is 1.46. The Bertz CT molecular complexity index is 692. The fourth-order valence-electron chi connectivity index (χ4n) is 1.74. The van der Waals surface area contributed by atoms with Crippen LogP contribution in [0.1, 0.15) is 10.5 Å². The second-order valence-electron chi connectivity index (χ2n) is 4.11. The molecule has 5 nitrogen and oxygen atoms in total. The summed E-state index contributed by atoms with van der Waals surface area (Å²) in [6.45, 7) is -0.360. The molecule has 2 aromatic rings. The summed E-state index contributed by atoms with van der Waals surface area (Å²) < 4.78 is 14.3. The Hall–Kier alpha value is -2.05. The normalized spacial score (nSPS) is 10.4. The first-order valence-electron chi connectivity index (χ1n) is 5.71. The van der Waals surface area contributed by atoms with Crippen LogP contribution in [-0.2, 0) is 11.3 Å². The zero-order valence-electron chi connectivity index (χ0n) is 10.4. The van der Waals surface area contributed by atoms with Crippen molar-refractivity contribution in [2.45, 2.75) is 6.54 Å². The van der Waals surface area contributed by atoms with Gasteiger partial charge < -0.3 is 15.0 Å². The van der Waals surface area contributed by atoms with Crippen LogP contribution >= 0.6 is 23.2 Å². The van der Waals surface area contributed by atoms with Gasteiger partial charge in [-0.3, -0.25) is 9.59 Å². The van der Waals surface area contributed by atoms with E-state index in [1.807, 2.05) is 0 Å². The number of halogens is 3. The molecule has 110 valence electrons. The summed E-state index contributed by atoms with van der Waals surface area (Å²) in [5.41, 5.74) is 0.182. The van der Waals surface area contributed by atoms with E-state index in [4.69, 9.17) is 28.3 Å². The number of nitrogens with zero attached hydrogens (tertiary/aromatic N) is 1. The molecule has 21 heavy (non-hydrogen) atoms. The first-order valence-corrected chi connectivity index (χ1v) is 6.47. The van der Waals surface area contributed by atoms with Gasteiger partial charge in [0.2, 0.25) is 0 Å². The molecule has 1 aromatic carbocycles. The van der Waals surface area contributed by atoms with E-state index >= 15 is 0 Å². The lowest BCUT2D eigenvalue weighted by molar-refractivity contribution is -0.137. The van der Waals surface area contributed by atoms with Gasteiger partial charge in [-0.25, -0.2) is 4.39 Å². The van der Waals surface area contributed by atoms with Crippen molar-refractivity contribution < 1.29 is 19.1 Å². The van der Waals surface area contributed by atoms with Crippen LogP contribution in [0.15, 0.2) is 30.5 Å². The molecule has 0 aliphatic heterocycles. The molecule has 2 N–H and O–H groups in total. The first kappa shape index (κ1) is 15.3. The summed E-state index contributed by atoms with van der Waals surface area (Å²) in [7, 11) is 0. The third kappa shape index (κ3) is 3.53. The molecular weight excluding hydrogens is 322 g/mol. The number of rotatable bonds is 4. The van der Waals surface area contributed by atoms with Crippen LogP contribution in [0.5, 0.6) is 0 Å². The molecule has 1 amide bonds. The number of aliphatic carboxylic acids is 1.